The van der Waals surface area contributed by atoms with Crippen molar-refractivity contribution in [2.24, 2.45) is 23.7 Å². The fraction of sp³-hybridized carbons (Fsp3) is 0.842. The molecular weight excluding hydrogens is 352 g/mol. The SMILES string of the molecule is O=C(C1[C@H]2CCCC[C@H]12)N1CCC[C@H]([C@@H]2C[C@H](C(F)F)n3ncnc3N2)C1. The minimum atomic E-state index is -2.47. The molecule has 6 nitrogen and oxygen atoms in total. The highest BCUT2D eigenvalue weighted by molar-refractivity contribution is 5.82. The molecule has 0 bridgehead atoms. The van der Waals surface area contributed by atoms with E-state index in [4.69, 9.17) is 0 Å². The molecule has 1 aromatic heterocycles. The third-order valence-corrected chi connectivity index (χ3v) is 7.27. The molecule has 27 heavy (non-hydrogen) atoms. The Bertz CT molecular complexity index is 698. The second kappa shape index (κ2) is 6.71. The number of nitrogens with zero attached hydrogens (tertiary/aromatic N) is 4. The summed E-state index contributed by atoms with van der Waals surface area (Å²) >= 11 is 0. The van der Waals surface area contributed by atoms with Crippen LogP contribution >= 0.6 is 0 Å². The van der Waals surface area contributed by atoms with E-state index < -0.39 is 12.5 Å². The van der Waals surface area contributed by atoms with Crippen molar-refractivity contribution >= 4 is 11.9 Å². The van der Waals surface area contributed by atoms with Crippen molar-refractivity contribution in [2.45, 2.75) is 63.5 Å². The summed E-state index contributed by atoms with van der Waals surface area (Å²) in [5.74, 6) is 2.40. The van der Waals surface area contributed by atoms with Gasteiger partial charge in [-0.1, -0.05) is 12.8 Å². The highest BCUT2D eigenvalue weighted by Crippen LogP contribution is 2.56. The number of carbonyl (C=O) groups excluding carboxylic acids is 1. The molecule has 3 fully saturated rings. The van der Waals surface area contributed by atoms with Crippen molar-refractivity contribution in [1.82, 2.24) is 19.7 Å². The Morgan fingerprint density at radius 2 is 1.96 bits per heavy atom. The molecule has 148 valence electrons. The molecule has 0 unspecified atom stereocenters. The van der Waals surface area contributed by atoms with Crippen LogP contribution in [-0.2, 0) is 4.79 Å². The fourth-order valence-corrected chi connectivity index (χ4v) is 5.81. The summed E-state index contributed by atoms with van der Waals surface area (Å²) in [6.45, 7) is 1.49. The quantitative estimate of drug-likeness (QED) is 0.877. The predicted molar refractivity (Wildman–Crippen MR) is 95.3 cm³/mol. The van der Waals surface area contributed by atoms with Crippen LogP contribution in [0.2, 0.25) is 0 Å². The van der Waals surface area contributed by atoms with Crippen molar-refractivity contribution in [1.29, 1.82) is 0 Å². The monoisotopic (exact) mass is 379 g/mol. The lowest BCUT2D eigenvalue weighted by molar-refractivity contribution is -0.135. The van der Waals surface area contributed by atoms with Crippen LogP contribution in [0, 0.1) is 23.7 Å². The third kappa shape index (κ3) is 3.01. The van der Waals surface area contributed by atoms with Crippen molar-refractivity contribution in [2.75, 3.05) is 18.4 Å². The number of anilines is 1. The fourth-order valence-electron chi connectivity index (χ4n) is 5.81. The standard InChI is InChI=1S/C19H27F2N5O/c20-17(21)15-8-14(24-19-22-10-23-26(15)19)11-4-3-7-25(9-11)18(27)16-12-5-1-2-6-13(12)16/h10-17H,1-9H2,(H,22,23,24)/t11-,12-,13-,14-,15+/m0/s1. The lowest BCUT2D eigenvalue weighted by Crippen LogP contribution is -2.49. The Hall–Kier alpha value is -1.73. The average molecular weight is 379 g/mol. The second-order valence-corrected chi connectivity index (χ2v) is 8.74. The summed E-state index contributed by atoms with van der Waals surface area (Å²) in [6.07, 6.45) is 6.02. The van der Waals surface area contributed by atoms with Gasteiger partial charge in [-0.15, -0.1) is 0 Å². The molecule has 2 aliphatic heterocycles. The van der Waals surface area contributed by atoms with E-state index in [0.29, 0.717) is 36.7 Å². The number of alkyl halides is 2. The van der Waals surface area contributed by atoms with Crippen molar-refractivity contribution in [3.8, 4) is 0 Å². The Kier molecular flexibility index (Phi) is 4.31. The average Bonchev–Trinajstić information content (AvgIpc) is 3.22. The van der Waals surface area contributed by atoms with E-state index >= 15 is 0 Å². The molecule has 0 radical (unpaired) electrons. The summed E-state index contributed by atoms with van der Waals surface area (Å²) in [6, 6.07) is -1.02. The molecule has 5 rings (SSSR count). The molecule has 2 saturated carbocycles. The minimum Gasteiger partial charge on any atom is -0.351 e. The maximum absolute atomic E-state index is 13.5. The summed E-state index contributed by atoms with van der Waals surface area (Å²) in [5, 5.41) is 7.26. The number of hydrogen-bond donors (Lipinski definition) is 1. The topological polar surface area (TPSA) is 63.1 Å². The third-order valence-electron chi connectivity index (χ3n) is 7.27. The minimum absolute atomic E-state index is 0.0854. The Balaban J connectivity index is 1.27. The Labute approximate surface area is 157 Å². The van der Waals surface area contributed by atoms with Gasteiger partial charge in [0.1, 0.15) is 12.4 Å². The Morgan fingerprint density at radius 3 is 2.70 bits per heavy atom. The number of nitrogens with one attached hydrogen (secondary N) is 1. The molecule has 2 aliphatic carbocycles. The van der Waals surface area contributed by atoms with Gasteiger partial charge < -0.3 is 10.2 Å². The number of rotatable bonds is 3. The van der Waals surface area contributed by atoms with Crippen LogP contribution < -0.4 is 5.32 Å². The number of aromatic nitrogens is 3. The van der Waals surface area contributed by atoms with E-state index in [0.717, 1.165) is 19.4 Å². The number of halogens is 2. The van der Waals surface area contributed by atoms with E-state index in [2.05, 4.69) is 15.4 Å². The maximum Gasteiger partial charge on any atom is 0.260 e. The van der Waals surface area contributed by atoms with Gasteiger partial charge in [0.25, 0.3) is 6.43 Å². The molecule has 8 heteroatoms. The van der Waals surface area contributed by atoms with Crippen LogP contribution in [0.1, 0.15) is 51.0 Å². The second-order valence-electron chi connectivity index (χ2n) is 8.74. The first-order valence-electron chi connectivity index (χ1n) is 10.4. The largest absolute Gasteiger partial charge is 0.351 e. The van der Waals surface area contributed by atoms with E-state index in [1.807, 2.05) is 4.90 Å². The highest BCUT2D eigenvalue weighted by atomic mass is 19.3. The van der Waals surface area contributed by atoms with E-state index in [9.17, 15) is 13.6 Å². The molecule has 1 saturated heterocycles. The molecule has 4 aliphatic rings. The van der Waals surface area contributed by atoms with Crippen LogP contribution in [-0.4, -0.2) is 51.1 Å². The highest BCUT2D eigenvalue weighted by Gasteiger charge is 2.56. The van der Waals surface area contributed by atoms with Crippen molar-refractivity contribution < 1.29 is 13.6 Å². The van der Waals surface area contributed by atoms with Gasteiger partial charge in [-0.05, 0) is 49.9 Å². The van der Waals surface area contributed by atoms with E-state index in [1.54, 1.807) is 0 Å². The first-order valence-corrected chi connectivity index (χ1v) is 10.4. The lowest BCUT2D eigenvalue weighted by atomic mass is 9.86. The zero-order valence-corrected chi connectivity index (χ0v) is 15.4. The number of amides is 1. The summed E-state index contributed by atoms with van der Waals surface area (Å²) < 4.78 is 28.4. The zero-order chi connectivity index (χ0) is 18.5. The van der Waals surface area contributed by atoms with Gasteiger partial charge in [0.2, 0.25) is 11.9 Å². The first-order chi connectivity index (χ1) is 13.1. The van der Waals surface area contributed by atoms with E-state index in [1.165, 1.54) is 36.7 Å². The molecule has 5 atom stereocenters. The van der Waals surface area contributed by atoms with Crippen LogP contribution in [0.5, 0.6) is 0 Å². The number of fused-ring (bicyclic) bond motifs is 2. The van der Waals surface area contributed by atoms with Gasteiger partial charge in [0.15, 0.2) is 0 Å². The normalized spacial score (nSPS) is 38.1. The zero-order valence-electron chi connectivity index (χ0n) is 15.4. The van der Waals surface area contributed by atoms with Crippen LogP contribution in [0.4, 0.5) is 14.7 Å². The molecule has 3 heterocycles. The van der Waals surface area contributed by atoms with Gasteiger partial charge in [0.05, 0.1) is 0 Å². The molecule has 0 aromatic carbocycles. The number of likely N-dealkylation sites (tertiary alicyclic amines) is 1. The van der Waals surface area contributed by atoms with Gasteiger partial charge in [0, 0.05) is 25.0 Å². The lowest BCUT2D eigenvalue weighted by Gasteiger charge is -2.40. The van der Waals surface area contributed by atoms with Gasteiger partial charge in [-0.2, -0.15) is 10.1 Å². The van der Waals surface area contributed by atoms with Crippen LogP contribution in [0.15, 0.2) is 6.33 Å². The molecule has 1 N–H and O–H groups in total. The molecule has 0 spiro atoms. The summed E-state index contributed by atoms with van der Waals surface area (Å²) in [7, 11) is 0. The molecular formula is C19H27F2N5O. The van der Waals surface area contributed by atoms with Gasteiger partial charge in [-0.3, -0.25) is 4.79 Å². The van der Waals surface area contributed by atoms with Crippen LogP contribution in [0.25, 0.3) is 0 Å². The molecule has 1 amide bonds. The Morgan fingerprint density at radius 1 is 1.19 bits per heavy atom. The van der Waals surface area contributed by atoms with Crippen molar-refractivity contribution in [3.63, 3.8) is 0 Å². The number of hydrogen-bond acceptors (Lipinski definition) is 4. The smallest absolute Gasteiger partial charge is 0.260 e. The van der Waals surface area contributed by atoms with Crippen LogP contribution in [0.3, 0.4) is 0 Å². The van der Waals surface area contributed by atoms with Gasteiger partial charge in [-0.25, -0.2) is 13.5 Å². The van der Waals surface area contributed by atoms with Gasteiger partial charge >= 0.3 is 0 Å². The number of carbonyl (C=O) groups is 1. The van der Waals surface area contributed by atoms with E-state index in [-0.39, 0.29) is 17.9 Å². The summed E-state index contributed by atoms with van der Waals surface area (Å²) in [5.41, 5.74) is 0. The van der Waals surface area contributed by atoms with Crippen molar-refractivity contribution in [3.05, 3.63) is 6.33 Å². The summed E-state index contributed by atoms with van der Waals surface area (Å²) in [4.78, 5) is 19.2. The first kappa shape index (κ1) is 17.4. The molecule has 1 aromatic rings. The predicted octanol–water partition coefficient (Wildman–Crippen LogP) is 2.94. The maximum atomic E-state index is 13.5. The number of piperidine rings is 1.